The van der Waals surface area contributed by atoms with Crippen LogP contribution in [0.1, 0.15) is 32.6 Å². The van der Waals surface area contributed by atoms with E-state index in [1.807, 2.05) is 0 Å². The molecule has 2 fully saturated rings. The number of guanidine groups is 1. The van der Waals surface area contributed by atoms with Gasteiger partial charge in [-0.25, -0.2) is 0 Å². The zero-order valence-corrected chi connectivity index (χ0v) is 8.87. The van der Waals surface area contributed by atoms with Crippen LogP contribution in [0.4, 0.5) is 0 Å². The van der Waals surface area contributed by atoms with Crippen LogP contribution in [0.2, 0.25) is 0 Å². The number of aliphatic imine (C=N–C) groups is 1. The molecule has 2 aliphatic carbocycles. The molecular formula is C11H19N3. The summed E-state index contributed by atoms with van der Waals surface area (Å²) in [7, 11) is 0. The topological polar surface area (TPSA) is 41.6 Å². The first kappa shape index (κ1) is 8.57. The normalized spacial score (nSPS) is 41.4. The van der Waals surface area contributed by atoms with Crippen LogP contribution in [0.5, 0.6) is 0 Å². The molecule has 78 valence electrons. The highest BCUT2D eigenvalue weighted by molar-refractivity contribution is 5.81. The van der Waals surface area contributed by atoms with Crippen molar-refractivity contribution in [3.8, 4) is 0 Å². The van der Waals surface area contributed by atoms with Crippen LogP contribution in [-0.2, 0) is 0 Å². The molecule has 0 aromatic heterocycles. The average molecular weight is 193 g/mol. The lowest BCUT2D eigenvalue weighted by molar-refractivity contribution is 0.0482. The summed E-state index contributed by atoms with van der Waals surface area (Å²) in [6.07, 6.45) is 5.39. The lowest BCUT2D eigenvalue weighted by atomic mass is 9.68. The summed E-state index contributed by atoms with van der Waals surface area (Å²) in [5.41, 5.74) is 6.31. The zero-order valence-electron chi connectivity index (χ0n) is 8.87. The molecule has 3 aliphatic rings. The van der Waals surface area contributed by atoms with E-state index in [4.69, 9.17) is 5.73 Å². The van der Waals surface area contributed by atoms with Gasteiger partial charge >= 0.3 is 0 Å². The van der Waals surface area contributed by atoms with E-state index in [9.17, 15) is 0 Å². The van der Waals surface area contributed by atoms with Gasteiger partial charge < -0.3 is 10.6 Å². The maximum atomic E-state index is 5.96. The standard InChI is InChI=1S/C11H19N3/c1-8-4-11(5-8)7-13-10(12)14(11)6-9-2-3-9/h8-9H,2-7H2,1H3,(H2,12,13). The molecule has 0 amide bonds. The average Bonchev–Trinajstić information content (AvgIpc) is 2.84. The van der Waals surface area contributed by atoms with E-state index < -0.39 is 0 Å². The Morgan fingerprint density at radius 3 is 2.79 bits per heavy atom. The Morgan fingerprint density at radius 1 is 1.50 bits per heavy atom. The van der Waals surface area contributed by atoms with Gasteiger partial charge in [0.05, 0.1) is 12.1 Å². The summed E-state index contributed by atoms with van der Waals surface area (Å²) in [6, 6.07) is 0. The molecule has 2 saturated carbocycles. The number of hydrogen-bond acceptors (Lipinski definition) is 3. The van der Waals surface area contributed by atoms with E-state index in [0.717, 1.165) is 24.3 Å². The highest BCUT2D eigenvalue weighted by atomic mass is 15.4. The lowest BCUT2D eigenvalue weighted by Crippen LogP contribution is -2.59. The van der Waals surface area contributed by atoms with Gasteiger partial charge in [0.2, 0.25) is 0 Å². The van der Waals surface area contributed by atoms with Crippen molar-refractivity contribution in [3.05, 3.63) is 0 Å². The number of hydrogen-bond donors (Lipinski definition) is 1. The van der Waals surface area contributed by atoms with Crippen molar-refractivity contribution in [3.63, 3.8) is 0 Å². The quantitative estimate of drug-likeness (QED) is 0.716. The van der Waals surface area contributed by atoms with Crippen molar-refractivity contribution in [2.75, 3.05) is 13.1 Å². The molecule has 3 heteroatoms. The van der Waals surface area contributed by atoms with Gasteiger partial charge in [-0.3, -0.25) is 4.99 Å². The Balaban J connectivity index is 1.73. The first-order valence-corrected chi connectivity index (χ1v) is 5.77. The summed E-state index contributed by atoms with van der Waals surface area (Å²) in [4.78, 5) is 6.84. The maximum absolute atomic E-state index is 5.96. The molecule has 2 N–H and O–H groups in total. The molecule has 0 saturated heterocycles. The number of rotatable bonds is 2. The minimum absolute atomic E-state index is 0.353. The zero-order chi connectivity index (χ0) is 9.76. The fourth-order valence-corrected chi connectivity index (χ4v) is 3.07. The predicted octanol–water partition coefficient (Wildman–Crippen LogP) is 1.20. The second-order valence-electron chi connectivity index (χ2n) is 5.47. The fourth-order valence-electron chi connectivity index (χ4n) is 3.07. The van der Waals surface area contributed by atoms with Crippen molar-refractivity contribution >= 4 is 5.96 Å². The molecule has 0 radical (unpaired) electrons. The Kier molecular flexibility index (Phi) is 1.62. The molecular weight excluding hydrogens is 174 g/mol. The van der Waals surface area contributed by atoms with Crippen LogP contribution in [-0.4, -0.2) is 29.5 Å². The first-order chi connectivity index (χ1) is 6.70. The Morgan fingerprint density at radius 2 is 2.21 bits per heavy atom. The molecule has 1 spiro atoms. The van der Waals surface area contributed by atoms with Crippen LogP contribution >= 0.6 is 0 Å². The number of nitrogens with two attached hydrogens (primary N) is 1. The Bertz CT molecular complexity index is 274. The van der Waals surface area contributed by atoms with Crippen molar-refractivity contribution in [2.45, 2.75) is 38.1 Å². The van der Waals surface area contributed by atoms with E-state index in [0.29, 0.717) is 5.54 Å². The summed E-state index contributed by atoms with van der Waals surface area (Å²) >= 11 is 0. The first-order valence-electron chi connectivity index (χ1n) is 5.77. The molecule has 0 aromatic rings. The van der Waals surface area contributed by atoms with Crippen LogP contribution in [0, 0.1) is 11.8 Å². The maximum Gasteiger partial charge on any atom is 0.191 e. The summed E-state index contributed by atoms with van der Waals surface area (Å²) < 4.78 is 0. The van der Waals surface area contributed by atoms with Crippen molar-refractivity contribution in [1.82, 2.24) is 4.90 Å². The van der Waals surface area contributed by atoms with Crippen LogP contribution in [0.3, 0.4) is 0 Å². The van der Waals surface area contributed by atoms with Crippen molar-refractivity contribution in [2.24, 2.45) is 22.6 Å². The van der Waals surface area contributed by atoms with Gasteiger partial charge in [-0.2, -0.15) is 0 Å². The van der Waals surface area contributed by atoms with Crippen molar-refractivity contribution in [1.29, 1.82) is 0 Å². The van der Waals surface area contributed by atoms with Crippen LogP contribution in [0.25, 0.3) is 0 Å². The van der Waals surface area contributed by atoms with Gasteiger partial charge in [0.15, 0.2) is 5.96 Å². The van der Waals surface area contributed by atoms with Gasteiger partial charge in [0.1, 0.15) is 0 Å². The van der Waals surface area contributed by atoms with Crippen molar-refractivity contribution < 1.29 is 0 Å². The predicted molar refractivity (Wildman–Crippen MR) is 57.0 cm³/mol. The molecule has 3 nitrogen and oxygen atoms in total. The summed E-state index contributed by atoms with van der Waals surface area (Å²) in [6.45, 7) is 4.45. The second-order valence-corrected chi connectivity index (χ2v) is 5.47. The second kappa shape index (κ2) is 2.65. The minimum atomic E-state index is 0.353. The molecule has 0 aromatic carbocycles. The molecule has 14 heavy (non-hydrogen) atoms. The van der Waals surface area contributed by atoms with Crippen LogP contribution in [0.15, 0.2) is 4.99 Å². The smallest absolute Gasteiger partial charge is 0.191 e. The molecule has 1 heterocycles. The fraction of sp³-hybridized carbons (Fsp3) is 0.909. The van der Waals surface area contributed by atoms with E-state index in [2.05, 4.69) is 16.8 Å². The van der Waals surface area contributed by atoms with E-state index >= 15 is 0 Å². The molecule has 3 rings (SSSR count). The van der Waals surface area contributed by atoms with Gasteiger partial charge in [-0.05, 0) is 37.5 Å². The van der Waals surface area contributed by atoms with Gasteiger partial charge in [0.25, 0.3) is 0 Å². The highest BCUT2D eigenvalue weighted by Gasteiger charge is 2.51. The van der Waals surface area contributed by atoms with Crippen LogP contribution < -0.4 is 5.73 Å². The largest absolute Gasteiger partial charge is 0.370 e. The number of nitrogens with zero attached hydrogens (tertiary/aromatic N) is 2. The summed E-state index contributed by atoms with van der Waals surface area (Å²) in [5.74, 6) is 2.59. The molecule has 0 atom stereocenters. The Labute approximate surface area is 85.4 Å². The minimum Gasteiger partial charge on any atom is -0.370 e. The lowest BCUT2D eigenvalue weighted by Gasteiger charge is -2.50. The van der Waals surface area contributed by atoms with Gasteiger partial charge in [-0.1, -0.05) is 6.92 Å². The third kappa shape index (κ3) is 1.14. The van der Waals surface area contributed by atoms with Gasteiger partial charge in [0, 0.05) is 6.54 Å². The molecule has 0 bridgehead atoms. The SMILES string of the molecule is CC1CC2(CN=C(N)N2CC2CC2)C1. The third-order valence-corrected chi connectivity index (χ3v) is 3.98. The monoisotopic (exact) mass is 193 g/mol. The summed E-state index contributed by atoms with van der Waals surface area (Å²) in [5, 5.41) is 0. The van der Waals surface area contributed by atoms with E-state index in [1.165, 1.54) is 32.2 Å². The molecule has 1 aliphatic heterocycles. The van der Waals surface area contributed by atoms with E-state index in [-0.39, 0.29) is 0 Å². The highest BCUT2D eigenvalue weighted by Crippen LogP contribution is 2.46. The Hall–Kier alpha value is -0.730. The van der Waals surface area contributed by atoms with E-state index in [1.54, 1.807) is 0 Å². The molecule has 0 unspecified atom stereocenters. The third-order valence-electron chi connectivity index (χ3n) is 3.98. The van der Waals surface area contributed by atoms with Gasteiger partial charge in [-0.15, -0.1) is 0 Å².